The van der Waals surface area contributed by atoms with Crippen molar-refractivity contribution in [1.29, 1.82) is 0 Å². The van der Waals surface area contributed by atoms with E-state index in [2.05, 4.69) is 4.76 Å². The Hall–Kier alpha value is -2.15. The van der Waals surface area contributed by atoms with Crippen molar-refractivity contribution in [2.24, 2.45) is 4.76 Å². The second-order valence-corrected chi connectivity index (χ2v) is 4.28. The predicted molar refractivity (Wildman–Crippen MR) is 69.2 cm³/mol. The van der Waals surface area contributed by atoms with E-state index in [9.17, 15) is 4.79 Å². The highest BCUT2D eigenvalue weighted by molar-refractivity contribution is 7.46. The van der Waals surface area contributed by atoms with E-state index in [-0.39, 0.29) is 0 Å². The zero-order valence-corrected chi connectivity index (χ0v) is 10.3. The van der Waals surface area contributed by atoms with E-state index in [0.29, 0.717) is 11.5 Å². The van der Waals surface area contributed by atoms with E-state index < -0.39 is 8.53 Å². The van der Waals surface area contributed by atoms with Crippen LogP contribution < -0.4 is 9.05 Å². The van der Waals surface area contributed by atoms with E-state index in [1.165, 1.54) is 6.08 Å². The Labute approximate surface area is 106 Å². The molecule has 0 aliphatic heterocycles. The van der Waals surface area contributed by atoms with Crippen LogP contribution in [-0.4, -0.2) is 6.08 Å². The topological polar surface area (TPSA) is 47.9 Å². The Kier molecular flexibility index (Phi) is 4.48. The average Bonchev–Trinajstić information content (AvgIpc) is 2.41. The normalized spacial score (nSPS) is 9.61. The van der Waals surface area contributed by atoms with E-state index in [4.69, 9.17) is 9.05 Å². The number of carbonyl (C=O) groups excluding carboxylic acids is 1. The van der Waals surface area contributed by atoms with Gasteiger partial charge in [0.2, 0.25) is 6.08 Å². The van der Waals surface area contributed by atoms with Gasteiger partial charge in [-0.3, -0.25) is 0 Å². The van der Waals surface area contributed by atoms with Crippen LogP contribution >= 0.6 is 8.53 Å². The Balaban J connectivity index is 2.07. The van der Waals surface area contributed by atoms with E-state index >= 15 is 0 Å². The van der Waals surface area contributed by atoms with Gasteiger partial charge in [0, 0.05) is 0 Å². The summed E-state index contributed by atoms with van der Waals surface area (Å²) >= 11 is 0. The first-order valence-electron chi connectivity index (χ1n) is 5.22. The maximum atomic E-state index is 10.4. The van der Waals surface area contributed by atoms with Crippen LogP contribution in [0, 0.1) is 0 Å². The highest BCUT2D eigenvalue weighted by atomic mass is 31.2. The molecule has 0 atom stereocenters. The van der Waals surface area contributed by atoms with Gasteiger partial charge >= 0.3 is 8.53 Å². The Morgan fingerprint density at radius 3 is 1.67 bits per heavy atom. The molecule has 5 heteroatoms. The molecule has 0 spiro atoms. The molecule has 0 saturated heterocycles. The molecule has 0 heterocycles. The van der Waals surface area contributed by atoms with Crippen molar-refractivity contribution in [1.82, 2.24) is 0 Å². The van der Waals surface area contributed by atoms with Crippen LogP contribution in [0.1, 0.15) is 0 Å². The van der Waals surface area contributed by atoms with Gasteiger partial charge in [0.25, 0.3) is 0 Å². The van der Waals surface area contributed by atoms with Crippen LogP contribution in [-0.2, 0) is 4.79 Å². The molecule has 18 heavy (non-hydrogen) atoms. The molecule has 0 aliphatic carbocycles. The number of rotatable bonds is 5. The number of isocyanates is 1. The van der Waals surface area contributed by atoms with Gasteiger partial charge in [-0.05, 0) is 24.3 Å². The molecular formula is C13H10NO3P. The number of para-hydroxylation sites is 2. The maximum Gasteiger partial charge on any atom is 0.449 e. The fourth-order valence-corrected chi connectivity index (χ4v) is 2.03. The minimum atomic E-state index is -1.71. The smallest absolute Gasteiger partial charge is 0.421 e. The van der Waals surface area contributed by atoms with E-state index in [0.717, 1.165) is 0 Å². The van der Waals surface area contributed by atoms with E-state index in [1.54, 1.807) is 24.3 Å². The third kappa shape index (κ3) is 3.70. The summed E-state index contributed by atoms with van der Waals surface area (Å²) in [5, 5.41) is 0. The maximum absolute atomic E-state index is 10.4. The zero-order chi connectivity index (χ0) is 12.6. The van der Waals surface area contributed by atoms with Gasteiger partial charge in [0.1, 0.15) is 11.5 Å². The third-order valence-corrected chi connectivity index (χ3v) is 2.95. The number of benzene rings is 2. The summed E-state index contributed by atoms with van der Waals surface area (Å²) in [6.07, 6.45) is 1.46. The predicted octanol–water partition coefficient (Wildman–Crippen LogP) is 3.71. The van der Waals surface area contributed by atoms with Crippen molar-refractivity contribution >= 4 is 14.6 Å². The van der Waals surface area contributed by atoms with Crippen molar-refractivity contribution in [3.63, 3.8) is 0 Å². The molecular weight excluding hydrogens is 249 g/mol. The van der Waals surface area contributed by atoms with Gasteiger partial charge in [0.05, 0.1) is 0 Å². The Bertz CT molecular complexity index is 485. The molecule has 2 aromatic rings. The number of nitrogens with zero attached hydrogens (tertiary/aromatic N) is 1. The van der Waals surface area contributed by atoms with Gasteiger partial charge in [-0.1, -0.05) is 36.4 Å². The third-order valence-electron chi connectivity index (χ3n) is 1.98. The van der Waals surface area contributed by atoms with Crippen LogP contribution in [0.25, 0.3) is 0 Å². The molecule has 2 aromatic carbocycles. The lowest BCUT2D eigenvalue weighted by molar-refractivity contribution is 0.490. The van der Waals surface area contributed by atoms with Crippen molar-refractivity contribution in [3.05, 3.63) is 60.7 Å². The molecule has 0 amide bonds. The molecule has 90 valence electrons. The summed E-state index contributed by atoms with van der Waals surface area (Å²) < 4.78 is 14.5. The van der Waals surface area contributed by atoms with Crippen molar-refractivity contribution in [2.45, 2.75) is 0 Å². The average molecular weight is 259 g/mol. The number of hydrogen-bond acceptors (Lipinski definition) is 4. The molecule has 0 unspecified atom stereocenters. The molecule has 0 aromatic heterocycles. The zero-order valence-electron chi connectivity index (χ0n) is 9.39. The standard InChI is InChI=1S/C13H10NO3P/c15-11-14-18(16-12-7-3-1-4-8-12)17-13-9-5-2-6-10-13/h1-10H. The molecule has 4 nitrogen and oxygen atoms in total. The highest BCUT2D eigenvalue weighted by Gasteiger charge is 2.13. The van der Waals surface area contributed by atoms with Crippen molar-refractivity contribution in [2.75, 3.05) is 0 Å². The Morgan fingerprint density at radius 2 is 1.28 bits per heavy atom. The molecule has 0 aliphatic rings. The van der Waals surface area contributed by atoms with Crippen molar-refractivity contribution < 1.29 is 13.8 Å². The van der Waals surface area contributed by atoms with Gasteiger partial charge < -0.3 is 9.05 Å². The van der Waals surface area contributed by atoms with Crippen LogP contribution in [0.3, 0.4) is 0 Å². The van der Waals surface area contributed by atoms with Gasteiger partial charge in [-0.15, -0.1) is 4.76 Å². The quantitative estimate of drug-likeness (QED) is 0.467. The summed E-state index contributed by atoms with van der Waals surface area (Å²) in [6.45, 7) is 0. The first-order valence-corrected chi connectivity index (χ1v) is 6.35. The largest absolute Gasteiger partial charge is 0.449 e. The summed E-state index contributed by atoms with van der Waals surface area (Å²) in [4.78, 5) is 10.4. The second-order valence-electron chi connectivity index (χ2n) is 3.24. The molecule has 0 saturated carbocycles. The van der Waals surface area contributed by atoms with Crippen LogP contribution in [0.15, 0.2) is 65.4 Å². The first kappa shape index (κ1) is 12.3. The monoisotopic (exact) mass is 259 g/mol. The summed E-state index contributed by atoms with van der Waals surface area (Å²) in [7, 11) is -1.71. The SMILES string of the molecule is O=C=NP(Oc1ccccc1)Oc1ccccc1. The minimum absolute atomic E-state index is 0.596. The van der Waals surface area contributed by atoms with Crippen molar-refractivity contribution in [3.8, 4) is 11.5 Å². The van der Waals surface area contributed by atoms with E-state index in [1.807, 2.05) is 36.4 Å². The summed E-state index contributed by atoms with van der Waals surface area (Å²) in [6, 6.07) is 18.1. The lowest BCUT2D eigenvalue weighted by atomic mass is 10.3. The molecule has 0 N–H and O–H groups in total. The molecule has 2 rings (SSSR count). The van der Waals surface area contributed by atoms with Gasteiger partial charge in [-0.25, -0.2) is 4.79 Å². The lowest BCUT2D eigenvalue weighted by Crippen LogP contribution is -1.93. The first-order chi connectivity index (χ1) is 8.88. The minimum Gasteiger partial charge on any atom is -0.421 e. The number of hydrogen-bond donors (Lipinski definition) is 0. The van der Waals surface area contributed by atoms with Crippen LogP contribution in [0.5, 0.6) is 11.5 Å². The molecule has 0 fully saturated rings. The fraction of sp³-hybridized carbons (Fsp3) is 0. The Morgan fingerprint density at radius 1 is 0.833 bits per heavy atom. The fourth-order valence-electron chi connectivity index (χ4n) is 1.24. The lowest BCUT2D eigenvalue weighted by Gasteiger charge is -2.12. The van der Waals surface area contributed by atoms with Crippen LogP contribution in [0.2, 0.25) is 0 Å². The van der Waals surface area contributed by atoms with Gasteiger partial charge in [0.15, 0.2) is 0 Å². The van der Waals surface area contributed by atoms with Crippen LogP contribution in [0.4, 0.5) is 0 Å². The molecule has 0 bridgehead atoms. The second kappa shape index (κ2) is 6.55. The summed E-state index contributed by atoms with van der Waals surface area (Å²) in [5.74, 6) is 1.19. The highest BCUT2D eigenvalue weighted by Crippen LogP contribution is 2.40. The summed E-state index contributed by atoms with van der Waals surface area (Å²) in [5.41, 5.74) is 0. The molecule has 0 radical (unpaired) electrons. The van der Waals surface area contributed by atoms with Gasteiger partial charge in [-0.2, -0.15) is 0 Å².